The van der Waals surface area contributed by atoms with E-state index in [0.717, 1.165) is 96.3 Å². The molecule has 1 atom stereocenters. The Morgan fingerprint density at radius 3 is 0.915 bits per heavy atom. The van der Waals surface area contributed by atoms with Crippen molar-refractivity contribution in [3.63, 3.8) is 0 Å². The average molecular weight is 988 g/mol. The zero-order valence-electron chi connectivity index (χ0n) is 46.5. The van der Waals surface area contributed by atoms with Crippen LogP contribution in [0.2, 0.25) is 0 Å². The summed E-state index contributed by atoms with van der Waals surface area (Å²) in [5.41, 5.74) is 0. The van der Waals surface area contributed by atoms with Gasteiger partial charge in [-0.2, -0.15) is 0 Å². The molecule has 6 nitrogen and oxygen atoms in total. The van der Waals surface area contributed by atoms with Crippen LogP contribution in [0, 0.1) is 0 Å². The standard InChI is InChI=1S/C65H110O6/c1-4-7-10-13-16-19-22-25-28-30-31-32-33-35-37-40-43-46-49-52-55-58-64(67)70-61-62(60-69-63(66)57-54-51-48-45-42-39-36-27-24-21-18-15-12-9-6-3)71-65(68)59-56-53-50-47-44-41-38-34-29-26-23-20-17-14-11-8-5-2/h8,11,17,20,22,25-27,29-31,36,38,41,47,50,62H,4-7,9-10,12-16,18-19,21,23-24,28,32-35,37,39-40,42-46,48-49,51-61H2,1-3H3/b11-8-,20-17-,25-22-,29-26-,31-30-,36-27-,41-38-,50-47-. The summed E-state index contributed by atoms with van der Waals surface area (Å²) >= 11 is 0. The summed E-state index contributed by atoms with van der Waals surface area (Å²) in [5, 5.41) is 0. The zero-order valence-corrected chi connectivity index (χ0v) is 46.5. The molecule has 0 saturated carbocycles. The molecule has 0 bridgehead atoms. The molecule has 1 unspecified atom stereocenters. The number of unbranched alkanes of at least 4 members (excludes halogenated alkanes) is 26. The third kappa shape index (κ3) is 57.1. The molecule has 0 saturated heterocycles. The van der Waals surface area contributed by atoms with Crippen molar-refractivity contribution in [3.8, 4) is 0 Å². The van der Waals surface area contributed by atoms with Gasteiger partial charge in [-0.15, -0.1) is 0 Å². The maximum Gasteiger partial charge on any atom is 0.306 e. The number of allylic oxidation sites excluding steroid dienone is 16. The second-order valence-corrected chi connectivity index (χ2v) is 19.5. The topological polar surface area (TPSA) is 78.9 Å². The second kappa shape index (κ2) is 58.9. The van der Waals surface area contributed by atoms with Crippen LogP contribution in [0.25, 0.3) is 0 Å². The average Bonchev–Trinajstić information content (AvgIpc) is 3.37. The molecule has 0 aliphatic carbocycles. The molecule has 71 heavy (non-hydrogen) atoms. The molecular formula is C65H110O6. The Labute approximate surface area is 438 Å². The van der Waals surface area contributed by atoms with Gasteiger partial charge in [-0.1, -0.05) is 240 Å². The summed E-state index contributed by atoms with van der Waals surface area (Å²) in [5.74, 6) is -0.972. The van der Waals surface area contributed by atoms with Gasteiger partial charge >= 0.3 is 17.9 Å². The fourth-order valence-electron chi connectivity index (χ4n) is 8.09. The van der Waals surface area contributed by atoms with E-state index in [4.69, 9.17) is 14.2 Å². The van der Waals surface area contributed by atoms with Crippen molar-refractivity contribution in [1.82, 2.24) is 0 Å². The molecule has 0 aliphatic heterocycles. The second-order valence-electron chi connectivity index (χ2n) is 19.5. The van der Waals surface area contributed by atoms with Crippen molar-refractivity contribution >= 4 is 17.9 Å². The summed E-state index contributed by atoms with van der Waals surface area (Å²) in [6.07, 6.45) is 78.3. The van der Waals surface area contributed by atoms with Crippen LogP contribution in [0.15, 0.2) is 97.2 Å². The SMILES string of the molecule is CC/C=C\C/C=C\C/C=C\C/C=C\C/C=C\CCCC(=O)OC(COC(=O)CCCCCCC/C=C\CCCCCCCC)COC(=O)CCCCCCCCCCC/C=C\C/C=C\CCCCCCC. The molecule has 0 radical (unpaired) electrons. The molecule has 0 N–H and O–H groups in total. The van der Waals surface area contributed by atoms with E-state index in [1.165, 1.54) is 135 Å². The highest BCUT2D eigenvalue weighted by atomic mass is 16.6. The number of carbonyl (C=O) groups is 3. The van der Waals surface area contributed by atoms with Crippen LogP contribution >= 0.6 is 0 Å². The lowest BCUT2D eigenvalue weighted by Gasteiger charge is -2.18. The predicted molar refractivity (Wildman–Crippen MR) is 307 cm³/mol. The predicted octanol–water partition coefficient (Wildman–Crippen LogP) is 20.1. The molecule has 6 heteroatoms. The van der Waals surface area contributed by atoms with Gasteiger partial charge in [-0.25, -0.2) is 0 Å². The molecule has 0 amide bonds. The first kappa shape index (κ1) is 67.3. The Kier molecular flexibility index (Phi) is 55.9. The van der Waals surface area contributed by atoms with Gasteiger partial charge in [0.25, 0.3) is 0 Å². The Balaban J connectivity index is 4.46. The number of hydrogen-bond donors (Lipinski definition) is 0. The van der Waals surface area contributed by atoms with Crippen LogP contribution < -0.4 is 0 Å². The lowest BCUT2D eigenvalue weighted by atomic mass is 10.1. The lowest BCUT2D eigenvalue weighted by Crippen LogP contribution is -2.30. The Bertz CT molecular complexity index is 1410. The highest BCUT2D eigenvalue weighted by molar-refractivity contribution is 5.71. The maximum atomic E-state index is 12.8. The monoisotopic (exact) mass is 987 g/mol. The molecule has 0 fully saturated rings. The number of carbonyl (C=O) groups excluding carboxylic acids is 3. The van der Waals surface area contributed by atoms with Crippen LogP contribution in [0.5, 0.6) is 0 Å². The van der Waals surface area contributed by atoms with Crippen LogP contribution in [0.4, 0.5) is 0 Å². The van der Waals surface area contributed by atoms with Crippen LogP contribution in [0.1, 0.15) is 278 Å². The van der Waals surface area contributed by atoms with E-state index < -0.39 is 6.10 Å². The normalized spacial score (nSPS) is 12.8. The smallest absolute Gasteiger partial charge is 0.306 e. The molecule has 0 aliphatic rings. The third-order valence-corrected chi connectivity index (χ3v) is 12.5. The van der Waals surface area contributed by atoms with Gasteiger partial charge in [0, 0.05) is 19.3 Å². The zero-order chi connectivity index (χ0) is 51.4. The Hall–Kier alpha value is -3.67. The third-order valence-electron chi connectivity index (χ3n) is 12.5. The quantitative estimate of drug-likeness (QED) is 0.0261. The molecular weight excluding hydrogens is 877 g/mol. The van der Waals surface area contributed by atoms with E-state index in [1.807, 2.05) is 0 Å². The van der Waals surface area contributed by atoms with Crippen LogP contribution in [-0.4, -0.2) is 37.2 Å². The molecule has 0 aromatic rings. The van der Waals surface area contributed by atoms with Crippen molar-refractivity contribution < 1.29 is 28.6 Å². The first-order chi connectivity index (χ1) is 35.0. The molecule has 0 aromatic carbocycles. The summed E-state index contributed by atoms with van der Waals surface area (Å²) < 4.78 is 16.8. The van der Waals surface area contributed by atoms with Gasteiger partial charge in [0.15, 0.2) is 6.10 Å². The minimum atomic E-state index is -0.814. The van der Waals surface area contributed by atoms with E-state index in [9.17, 15) is 14.4 Å². The number of esters is 3. The minimum absolute atomic E-state index is 0.105. The first-order valence-electron chi connectivity index (χ1n) is 29.7. The molecule has 0 rings (SSSR count). The Morgan fingerprint density at radius 2 is 0.563 bits per heavy atom. The highest BCUT2D eigenvalue weighted by Gasteiger charge is 2.19. The van der Waals surface area contributed by atoms with E-state index in [2.05, 4.69) is 118 Å². The lowest BCUT2D eigenvalue weighted by molar-refractivity contribution is -0.167. The summed E-state index contributed by atoms with van der Waals surface area (Å²) in [6, 6.07) is 0. The molecule has 0 heterocycles. The van der Waals surface area contributed by atoms with E-state index in [0.29, 0.717) is 19.3 Å². The molecule has 0 aromatic heterocycles. The Morgan fingerprint density at radius 1 is 0.296 bits per heavy atom. The van der Waals surface area contributed by atoms with Crippen LogP contribution in [0.3, 0.4) is 0 Å². The summed E-state index contributed by atoms with van der Waals surface area (Å²) in [6.45, 7) is 6.47. The van der Waals surface area contributed by atoms with Crippen molar-refractivity contribution in [2.75, 3.05) is 13.2 Å². The fraction of sp³-hybridized carbons (Fsp3) is 0.708. The number of hydrogen-bond acceptors (Lipinski definition) is 6. The summed E-state index contributed by atoms with van der Waals surface area (Å²) in [7, 11) is 0. The number of rotatable bonds is 53. The highest BCUT2D eigenvalue weighted by Crippen LogP contribution is 2.14. The van der Waals surface area contributed by atoms with E-state index >= 15 is 0 Å². The molecule has 406 valence electrons. The number of ether oxygens (including phenoxy) is 3. The van der Waals surface area contributed by atoms with Gasteiger partial charge in [0.05, 0.1) is 0 Å². The maximum absolute atomic E-state index is 12.8. The fourth-order valence-corrected chi connectivity index (χ4v) is 8.09. The van der Waals surface area contributed by atoms with Crippen molar-refractivity contribution in [2.45, 2.75) is 284 Å². The molecule has 0 spiro atoms. The van der Waals surface area contributed by atoms with Gasteiger partial charge < -0.3 is 14.2 Å². The van der Waals surface area contributed by atoms with Crippen molar-refractivity contribution in [2.24, 2.45) is 0 Å². The summed E-state index contributed by atoms with van der Waals surface area (Å²) in [4.78, 5) is 38.2. The van der Waals surface area contributed by atoms with E-state index in [1.54, 1.807) is 0 Å². The minimum Gasteiger partial charge on any atom is -0.462 e. The first-order valence-corrected chi connectivity index (χ1v) is 29.7. The van der Waals surface area contributed by atoms with Crippen molar-refractivity contribution in [1.29, 1.82) is 0 Å². The van der Waals surface area contributed by atoms with Crippen molar-refractivity contribution in [3.05, 3.63) is 97.2 Å². The van der Waals surface area contributed by atoms with Gasteiger partial charge in [-0.3, -0.25) is 14.4 Å². The van der Waals surface area contributed by atoms with E-state index in [-0.39, 0.29) is 37.5 Å². The largest absolute Gasteiger partial charge is 0.462 e. The van der Waals surface area contributed by atoms with Gasteiger partial charge in [0.1, 0.15) is 13.2 Å². The van der Waals surface area contributed by atoms with Gasteiger partial charge in [-0.05, 0) is 116 Å². The van der Waals surface area contributed by atoms with Gasteiger partial charge in [0.2, 0.25) is 0 Å². The van der Waals surface area contributed by atoms with Crippen LogP contribution in [-0.2, 0) is 28.6 Å².